The van der Waals surface area contributed by atoms with Gasteiger partial charge in [0.1, 0.15) is 0 Å². The minimum Gasteiger partial charge on any atom is -0.378 e. The van der Waals surface area contributed by atoms with Gasteiger partial charge in [-0.3, -0.25) is 4.79 Å². The van der Waals surface area contributed by atoms with Crippen LogP contribution in [0, 0.1) is 17.8 Å². The highest BCUT2D eigenvalue weighted by molar-refractivity contribution is 7.09. The first kappa shape index (κ1) is 16.6. The lowest BCUT2D eigenvalue weighted by Crippen LogP contribution is -2.54. The van der Waals surface area contributed by atoms with Gasteiger partial charge >= 0.3 is 0 Å². The summed E-state index contributed by atoms with van der Waals surface area (Å²) in [7, 11) is 0. The molecule has 3 atom stereocenters. The van der Waals surface area contributed by atoms with Crippen LogP contribution in [-0.4, -0.2) is 43.2 Å². The number of nitrogens with zero attached hydrogens (tertiary/aromatic N) is 1. The number of thiophene rings is 1. The second-order valence-corrected chi connectivity index (χ2v) is 8.64. The lowest BCUT2D eigenvalue weighted by molar-refractivity contribution is -0.142. The number of likely N-dealkylation sites (tertiary alicyclic amines) is 1. The average Bonchev–Trinajstić information content (AvgIpc) is 3.09. The lowest BCUT2D eigenvalue weighted by Gasteiger charge is -2.46. The number of carbonyl (C=O) groups excluding carboxylic acids is 1. The third-order valence-corrected chi connectivity index (χ3v) is 6.93. The Labute approximate surface area is 148 Å². The summed E-state index contributed by atoms with van der Waals surface area (Å²) in [4.78, 5) is 16.6. The molecule has 0 spiro atoms. The molecule has 1 saturated carbocycles. The largest absolute Gasteiger partial charge is 0.378 e. The van der Waals surface area contributed by atoms with E-state index in [1.54, 1.807) is 11.3 Å². The van der Waals surface area contributed by atoms with E-state index in [9.17, 15) is 4.79 Å². The van der Waals surface area contributed by atoms with Gasteiger partial charge in [-0.1, -0.05) is 12.5 Å². The first-order valence-electron chi connectivity index (χ1n) is 9.43. The Bertz CT molecular complexity index is 544. The van der Waals surface area contributed by atoms with Gasteiger partial charge in [-0.05, 0) is 43.0 Å². The van der Waals surface area contributed by atoms with E-state index in [0.717, 1.165) is 38.5 Å². The monoisotopic (exact) mass is 348 g/mol. The maximum Gasteiger partial charge on any atom is 0.223 e. The smallest absolute Gasteiger partial charge is 0.223 e. The highest BCUT2D eigenvalue weighted by atomic mass is 32.1. The summed E-state index contributed by atoms with van der Waals surface area (Å²) < 4.78 is 6.00. The molecule has 24 heavy (non-hydrogen) atoms. The number of carbonyl (C=O) groups is 1. The second kappa shape index (κ2) is 7.54. The van der Waals surface area contributed by atoms with Crippen LogP contribution in [0.15, 0.2) is 17.5 Å². The number of nitrogens with one attached hydrogen (secondary N) is 1. The third-order valence-electron chi connectivity index (χ3n) is 6.05. The molecule has 2 saturated heterocycles. The molecule has 132 valence electrons. The molecule has 4 nitrogen and oxygen atoms in total. The first-order valence-corrected chi connectivity index (χ1v) is 10.3. The van der Waals surface area contributed by atoms with Crippen molar-refractivity contribution in [2.45, 2.75) is 44.8 Å². The summed E-state index contributed by atoms with van der Waals surface area (Å²) in [5.74, 6) is 1.62. The normalized spacial score (nSPS) is 31.2. The summed E-state index contributed by atoms with van der Waals surface area (Å²) in [6, 6.07) is 4.12. The van der Waals surface area contributed by atoms with Crippen LogP contribution in [0.1, 0.15) is 37.0 Å². The summed E-state index contributed by atoms with van der Waals surface area (Å²) >= 11 is 1.70. The van der Waals surface area contributed by atoms with Crippen molar-refractivity contribution >= 4 is 17.2 Å². The molecule has 0 bridgehead atoms. The van der Waals surface area contributed by atoms with Gasteiger partial charge in [0.2, 0.25) is 5.91 Å². The van der Waals surface area contributed by atoms with Crippen LogP contribution in [0.5, 0.6) is 0 Å². The van der Waals surface area contributed by atoms with E-state index < -0.39 is 0 Å². The molecule has 3 fully saturated rings. The van der Waals surface area contributed by atoms with E-state index in [1.807, 2.05) is 6.07 Å². The van der Waals surface area contributed by atoms with Gasteiger partial charge in [0.05, 0.1) is 12.6 Å². The molecule has 4 rings (SSSR count). The summed E-state index contributed by atoms with van der Waals surface area (Å²) in [5.41, 5.74) is 0. The van der Waals surface area contributed by atoms with Crippen molar-refractivity contribution in [2.75, 3.05) is 26.2 Å². The molecule has 2 aliphatic heterocycles. The zero-order valence-electron chi connectivity index (χ0n) is 14.3. The fourth-order valence-electron chi connectivity index (χ4n) is 4.43. The summed E-state index contributed by atoms with van der Waals surface area (Å²) in [6.07, 6.45) is 6.44. The molecule has 0 radical (unpaired) electrons. The van der Waals surface area contributed by atoms with Crippen molar-refractivity contribution in [3.63, 3.8) is 0 Å². The number of fused-ring (bicyclic) bond motifs is 1. The summed E-state index contributed by atoms with van der Waals surface area (Å²) in [6.45, 7) is 4.81. The first-order chi connectivity index (χ1) is 11.8. The van der Waals surface area contributed by atoms with Gasteiger partial charge in [0.15, 0.2) is 0 Å². The number of piperidine rings is 1. The van der Waals surface area contributed by atoms with Crippen molar-refractivity contribution in [1.82, 2.24) is 10.2 Å². The van der Waals surface area contributed by atoms with E-state index >= 15 is 0 Å². The van der Waals surface area contributed by atoms with Crippen LogP contribution < -0.4 is 5.32 Å². The van der Waals surface area contributed by atoms with Gasteiger partial charge < -0.3 is 15.0 Å². The third kappa shape index (κ3) is 3.68. The number of rotatable bonds is 5. The predicted octanol–water partition coefficient (Wildman–Crippen LogP) is 2.89. The van der Waals surface area contributed by atoms with Gasteiger partial charge in [-0.15, -0.1) is 11.3 Å². The Kier molecular flexibility index (Phi) is 5.20. The molecular weight excluding hydrogens is 320 g/mol. The van der Waals surface area contributed by atoms with Gasteiger partial charge in [0.25, 0.3) is 0 Å². The number of amides is 1. The predicted molar refractivity (Wildman–Crippen MR) is 95.9 cm³/mol. The molecule has 0 unspecified atom stereocenters. The minimum absolute atomic E-state index is 0.118. The fraction of sp³-hybridized carbons (Fsp3) is 0.737. The SMILES string of the molecule is O=C(NCc1cccs1)[C@@H]1CCO[C@@H]2CCN(CC3CCC3)C[C@@H]21. The number of hydrogen-bond acceptors (Lipinski definition) is 4. The van der Waals surface area contributed by atoms with E-state index in [0.29, 0.717) is 12.5 Å². The zero-order chi connectivity index (χ0) is 16.4. The fourth-order valence-corrected chi connectivity index (χ4v) is 5.08. The van der Waals surface area contributed by atoms with Gasteiger partial charge in [0, 0.05) is 43.0 Å². The molecule has 0 aromatic carbocycles. The molecule has 1 aromatic rings. The number of hydrogen-bond donors (Lipinski definition) is 1. The molecule has 1 N–H and O–H groups in total. The topological polar surface area (TPSA) is 41.6 Å². The maximum absolute atomic E-state index is 12.8. The highest BCUT2D eigenvalue weighted by Gasteiger charge is 2.42. The van der Waals surface area contributed by atoms with Crippen LogP contribution in [0.3, 0.4) is 0 Å². The molecule has 1 aromatic heterocycles. The zero-order valence-corrected chi connectivity index (χ0v) is 15.1. The quantitative estimate of drug-likeness (QED) is 0.890. The molecule has 3 heterocycles. The van der Waals surface area contributed by atoms with Crippen LogP contribution in [-0.2, 0) is 16.1 Å². The lowest BCUT2D eigenvalue weighted by atomic mass is 9.78. The van der Waals surface area contributed by atoms with Crippen molar-refractivity contribution in [3.8, 4) is 0 Å². The molecule has 1 aliphatic carbocycles. The number of ether oxygens (including phenoxy) is 1. The van der Waals surface area contributed by atoms with Crippen molar-refractivity contribution in [1.29, 1.82) is 0 Å². The van der Waals surface area contributed by atoms with Crippen molar-refractivity contribution in [3.05, 3.63) is 22.4 Å². The van der Waals surface area contributed by atoms with Crippen LogP contribution in [0.2, 0.25) is 0 Å². The van der Waals surface area contributed by atoms with E-state index in [4.69, 9.17) is 4.74 Å². The van der Waals surface area contributed by atoms with Crippen molar-refractivity contribution < 1.29 is 9.53 Å². The Hall–Kier alpha value is -0.910. The molecule has 5 heteroatoms. The standard InChI is InChI=1S/C19H28N2O2S/c22-19(20-11-15-5-2-10-24-15)16-7-9-23-18-6-8-21(13-17(16)18)12-14-3-1-4-14/h2,5,10,14,16-18H,1,3-4,6-9,11-13H2,(H,20,22)/t16-,17-,18-/m1/s1. The highest BCUT2D eigenvalue weighted by Crippen LogP contribution is 2.35. The van der Waals surface area contributed by atoms with Crippen LogP contribution in [0.4, 0.5) is 0 Å². The average molecular weight is 349 g/mol. The maximum atomic E-state index is 12.8. The van der Waals surface area contributed by atoms with Crippen molar-refractivity contribution in [2.24, 2.45) is 17.8 Å². The second-order valence-electron chi connectivity index (χ2n) is 7.61. The van der Waals surface area contributed by atoms with E-state index in [1.165, 1.54) is 30.7 Å². The molecule has 3 aliphatic rings. The van der Waals surface area contributed by atoms with E-state index in [-0.39, 0.29) is 17.9 Å². The van der Waals surface area contributed by atoms with Crippen LogP contribution >= 0.6 is 11.3 Å². The Morgan fingerprint density at radius 3 is 3.00 bits per heavy atom. The van der Waals surface area contributed by atoms with Gasteiger partial charge in [-0.2, -0.15) is 0 Å². The Balaban J connectivity index is 1.35. The Morgan fingerprint density at radius 2 is 2.25 bits per heavy atom. The van der Waals surface area contributed by atoms with Gasteiger partial charge in [-0.25, -0.2) is 0 Å². The van der Waals surface area contributed by atoms with Crippen LogP contribution in [0.25, 0.3) is 0 Å². The Morgan fingerprint density at radius 1 is 1.33 bits per heavy atom. The minimum atomic E-state index is 0.118. The molecular formula is C19H28N2O2S. The van der Waals surface area contributed by atoms with E-state index in [2.05, 4.69) is 21.7 Å². The summed E-state index contributed by atoms with van der Waals surface area (Å²) in [5, 5.41) is 5.22. The molecule has 1 amide bonds.